The molecule has 1 aromatic carbocycles. The Morgan fingerprint density at radius 3 is 2.88 bits per heavy atom. The van der Waals surface area contributed by atoms with Crippen LogP contribution < -0.4 is 10.6 Å². The molecule has 1 aromatic rings. The Hall–Kier alpha value is -1.39. The number of hydrogen-bond acceptors (Lipinski definition) is 3. The molecular weight excluding hydrogens is 216 g/mol. The van der Waals surface area contributed by atoms with Gasteiger partial charge in [0.1, 0.15) is 0 Å². The fourth-order valence-electron chi connectivity index (χ4n) is 2.03. The van der Waals surface area contributed by atoms with E-state index >= 15 is 0 Å². The summed E-state index contributed by atoms with van der Waals surface area (Å²) in [5.74, 6) is 0.0643. The summed E-state index contributed by atoms with van der Waals surface area (Å²) in [4.78, 5) is 11.2. The van der Waals surface area contributed by atoms with Crippen LogP contribution in [-0.4, -0.2) is 24.1 Å². The highest BCUT2D eigenvalue weighted by atomic mass is 16.3. The molecule has 1 aliphatic rings. The average molecular weight is 234 g/mol. The molecule has 1 aliphatic heterocycles. The van der Waals surface area contributed by atoms with E-state index in [9.17, 15) is 9.90 Å². The van der Waals surface area contributed by atoms with Gasteiger partial charge in [0, 0.05) is 18.2 Å². The predicted octanol–water partition coefficient (Wildman–Crippen LogP) is 1.21. The lowest BCUT2D eigenvalue weighted by molar-refractivity contribution is -0.116. The molecular formula is C13H18N2O2. The van der Waals surface area contributed by atoms with Gasteiger partial charge in [0.15, 0.2) is 0 Å². The quantitative estimate of drug-likeness (QED) is 0.736. The van der Waals surface area contributed by atoms with Crippen molar-refractivity contribution >= 4 is 11.6 Å². The van der Waals surface area contributed by atoms with E-state index in [0.29, 0.717) is 6.42 Å². The second kappa shape index (κ2) is 4.85. The third-order valence-electron chi connectivity index (χ3n) is 3.30. The molecule has 0 spiro atoms. The maximum absolute atomic E-state index is 11.2. The van der Waals surface area contributed by atoms with E-state index in [2.05, 4.69) is 10.6 Å². The van der Waals surface area contributed by atoms with Crippen molar-refractivity contribution < 1.29 is 9.90 Å². The molecule has 3 N–H and O–H groups in total. The van der Waals surface area contributed by atoms with Crippen molar-refractivity contribution in [3.63, 3.8) is 0 Å². The first-order valence-corrected chi connectivity index (χ1v) is 5.90. The summed E-state index contributed by atoms with van der Waals surface area (Å²) in [6, 6.07) is 5.72. The lowest BCUT2D eigenvalue weighted by Crippen LogP contribution is -2.29. The number of hydrogen-bond donors (Lipinski definition) is 3. The van der Waals surface area contributed by atoms with Crippen LogP contribution >= 0.6 is 0 Å². The Kier molecular flexibility index (Phi) is 3.45. The molecule has 2 rings (SSSR count). The predicted molar refractivity (Wildman–Crippen MR) is 66.9 cm³/mol. The maximum Gasteiger partial charge on any atom is 0.224 e. The summed E-state index contributed by atoms with van der Waals surface area (Å²) < 4.78 is 0. The standard InChI is InChI=1S/C13H18N2O2/c1-8(14-2)13(17)10-3-5-11-9(7-10)4-6-12(16)15-11/h3,5,7-8,13-14,17H,4,6H2,1-2H3,(H,15,16). The summed E-state index contributed by atoms with van der Waals surface area (Å²) >= 11 is 0. The molecule has 17 heavy (non-hydrogen) atoms. The number of carbonyl (C=O) groups excluding carboxylic acids is 1. The average Bonchev–Trinajstić information content (AvgIpc) is 2.36. The van der Waals surface area contributed by atoms with E-state index in [-0.39, 0.29) is 11.9 Å². The van der Waals surface area contributed by atoms with Crippen LogP contribution in [0.1, 0.15) is 30.6 Å². The fourth-order valence-corrected chi connectivity index (χ4v) is 2.03. The number of aliphatic hydroxyl groups excluding tert-OH is 1. The van der Waals surface area contributed by atoms with E-state index in [1.165, 1.54) is 0 Å². The van der Waals surface area contributed by atoms with Crippen molar-refractivity contribution in [2.75, 3.05) is 12.4 Å². The molecule has 0 fully saturated rings. The molecule has 92 valence electrons. The van der Waals surface area contributed by atoms with Gasteiger partial charge >= 0.3 is 0 Å². The van der Waals surface area contributed by atoms with E-state index in [1.54, 1.807) is 0 Å². The van der Waals surface area contributed by atoms with Crippen molar-refractivity contribution in [3.8, 4) is 0 Å². The number of benzene rings is 1. The molecule has 1 heterocycles. The lowest BCUT2D eigenvalue weighted by atomic mass is 9.96. The molecule has 0 saturated carbocycles. The molecule has 4 heteroatoms. The second-order valence-electron chi connectivity index (χ2n) is 4.49. The molecule has 2 unspecified atom stereocenters. The number of nitrogens with one attached hydrogen (secondary N) is 2. The van der Waals surface area contributed by atoms with Crippen LogP contribution in [0.5, 0.6) is 0 Å². The van der Waals surface area contributed by atoms with Gasteiger partial charge in [0.2, 0.25) is 5.91 Å². The highest BCUT2D eigenvalue weighted by Crippen LogP contribution is 2.27. The zero-order valence-electron chi connectivity index (χ0n) is 10.2. The third kappa shape index (κ3) is 2.48. The monoisotopic (exact) mass is 234 g/mol. The summed E-state index contributed by atoms with van der Waals surface area (Å²) in [7, 11) is 1.83. The summed E-state index contributed by atoms with van der Waals surface area (Å²) in [5, 5.41) is 16.0. The molecule has 4 nitrogen and oxygen atoms in total. The third-order valence-corrected chi connectivity index (χ3v) is 3.30. The number of likely N-dealkylation sites (N-methyl/N-ethyl adjacent to an activating group) is 1. The Balaban J connectivity index is 2.24. The van der Waals surface area contributed by atoms with E-state index in [0.717, 1.165) is 23.2 Å². The van der Waals surface area contributed by atoms with Crippen molar-refractivity contribution in [3.05, 3.63) is 29.3 Å². The molecule has 1 amide bonds. The number of amides is 1. The van der Waals surface area contributed by atoms with Crippen LogP contribution in [0.15, 0.2) is 18.2 Å². The number of fused-ring (bicyclic) bond motifs is 1. The van der Waals surface area contributed by atoms with Crippen LogP contribution in [0.4, 0.5) is 5.69 Å². The van der Waals surface area contributed by atoms with Gasteiger partial charge in [-0.2, -0.15) is 0 Å². The minimum atomic E-state index is -0.525. The summed E-state index contributed by atoms with van der Waals surface area (Å²) in [5.41, 5.74) is 2.86. The molecule has 0 bridgehead atoms. The minimum Gasteiger partial charge on any atom is -0.387 e. The van der Waals surface area contributed by atoms with Crippen molar-refractivity contribution in [2.24, 2.45) is 0 Å². The van der Waals surface area contributed by atoms with Gasteiger partial charge in [-0.25, -0.2) is 0 Å². The van der Waals surface area contributed by atoms with Gasteiger partial charge in [-0.05, 0) is 37.6 Å². The largest absolute Gasteiger partial charge is 0.387 e. The molecule has 0 aromatic heterocycles. The normalized spacial score (nSPS) is 18.2. The molecule has 2 atom stereocenters. The first kappa shape index (κ1) is 12.1. The van der Waals surface area contributed by atoms with Crippen LogP contribution in [0.2, 0.25) is 0 Å². The molecule has 0 saturated heterocycles. The number of aryl methyl sites for hydroxylation is 1. The maximum atomic E-state index is 11.2. The second-order valence-corrected chi connectivity index (χ2v) is 4.49. The van der Waals surface area contributed by atoms with Gasteiger partial charge in [-0.15, -0.1) is 0 Å². The Morgan fingerprint density at radius 2 is 2.18 bits per heavy atom. The van der Waals surface area contributed by atoms with Gasteiger partial charge in [0.05, 0.1) is 6.10 Å². The zero-order valence-corrected chi connectivity index (χ0v) is 10.2. The van der Waals surface area contributed by atoms with Crippen molar-refractivity contribution in [2.45, 2.75) is 31.9 Å². The lowest BCUT2D eigenvalue weighted by Gasteiger charge is -2.22. The fraction of sp³-hybridized carbons (Fsp3) is 0.462. The Morgan fingerprint density at radius 1 is 1.41 bits per heavy atom. The minimum absolute atomic E-state index is 0.00577. The SMILES string of the molecule is CNC(C)C(O)c1ccc2c(c1)CCC(=O)N2. The van der Waals surface area contributed by atoms with Gasteiger partial charge < -0.3 is 15.7 Å². The van der Waals surface area contributed by atoms with E-state index in [1.807, 2.05) is 32.2 Å². The highest BCUT2D eigenvalue weighted by molar-refractivity contribution is 5.93. The van der Waals surface area contributed by atoms with Crippen LogP contribution in [0, 0.1) is 0 Å². The number of anilines is 1. The van der Waals surface area contributed by atoms with E-state index < -0.39 is 6.10 Å². The number of carbonyl (C=O) groups is 1. The number of aliphatic hydroxyl groups is 1. The van der Waals surface area contributed by atoms with Gasteiger partial charge in [-0.3, -0.25) is 4.79 Å². The first-order chi connectivity index (χ1) is 8.11. The topological polar surface area (TPSA) is 61.4 Å². The van der Waals surface area contributed by atoms with Gasteiger partial charge in [0.25, 0.3) is 0 Å². The smallest absolute Gasteiger partial charge is 0.224 e. The van der Waals surface area contributed by atoms with Crippen molar-refractivity contribution in [1.29, 1.82) is 0 Å². The van der Waals surface area contributed by atoms with Gasteiger partial charge in [-0.1, -0.05) is 12.1 Å². The Bertz CT molecular complexity index is 431. The van der Waals surface area contributed by atoms with Crippen LogP contribution in [0.3, 0.4) is 0 Å². The number of rotatable bonds is 3. The van der Waals surface area contributed by atoms with E-state index in [4.69, 9.17) is 0 Å². The molecule has 0 radical (unpaired) electrons. The highest BCUT2D eigenvalue weighted by Gasteiger charge is 2.19. The van der Waals surface area contributed by atoms with Crippen LogP contribution in [-0.2, 0) is 11.2 Å². The van der Waals surface area contributed by atoms with Crippen molar-refractivity contribution in [1.82, 2.24) is 5.32 Å². The summed E-state index contributed by atoms with van der Waals surface area (Å²) in [6.45, 7) is 1.94. The summed E-state index contributed by atoms with van der Waals surface area (Å²) in [6.07, 6.45) is 0.743. The van der Waals surface area contributed by atoms with Crippen LogP contribution in [0.25, 0.3) is 0 Å². The zero-order chi connectivity index (χ0) is 12.4. The Labute approximate surface area is 101 Å². The molecule has 0 aliphatic carbocycles. The first-order valence-electron chi connectivity index (χ1n) is 5.90.